The number of carboxylic acid groups (broad SMARTS) is 1. The summed E-state index contributed by atoms with van der Waals surface area (Å²) in [5.74, 6) is -1.15. The summed E-state index contributed by atoms with van der Waals surface area (Å²) in [6.45, 7) is 2.91. The molecule has 0 aliphatic carbocycles. The minimum atomic E-state index is -1.08. The minimum absolute atomic E-state index is 0.0479. The molecule has 1 saturated heterocycles. The van der Waals surface area contributed by atoms with Crippen molar-refractivity contribution in [1.29, 1.82) is 0 Å². The highest BCUT2D eigenvalue weighted by Crippen LogP contribution is 2.21. The van der Waals surface area contributed by atoms with Gasteiger partial charge >= 0.3 is 5.97 Å². The van der Waals surface area contributed by atoms with Gasteiger partial charge in [-0.25, -0.2) is 9.18 Å². The Bertz CT molecular complexity index is 568. The van der Waals surface area contributed by atoms with E-state index in [-0.39, 0.29) is 12.5 Å². The number of rotatable bonds is 4. The Kier molecular flexibility index (Phi) is 4.17. The van der Waals surface area contributed by atoms with Crippen LogP contribution >= 0.6 is 0 Å². The Morgan fingerprint density at radius 3 is 2.85 bits per heavy atom. The Morgan fingerprint density at radius 2 is 2.30 bits per heavy atom. The third-order valence-corrected chi connectivity index (χ3v) is 3.26. The Morgan fingerprint density at radius 1 is 1.55 bits per heavy atom. The molecule has 1 aliphatic rings. The first-order valence-corrected chi connectivity index (χ1v) is 6.43. The second kappa shape index (κ2) is 5.86. The molecule has 20 heavy (non-hydrogen) atoms. The Hall–Kier alpha value is -2.17. The molecule has 1 aromatic rings. The smallest absolute Gasteiger partial charge is 0.328 e. The predicted molar refractivity (Wildman–Crippen MR) is 72.3 cm³/mol. The van der Waals surface area contributed by atoms with Crippen LogP contribution < -0.4 is 0 Å². The van der Waals surface area contributed by atoms with Crippen molar-refractivity contribution in [1.82, 2.24) is 4.90 Å². The van der Waals surface area contributed by atoms with Gasteiger partial charge in [0.1, 0.15) is 5.82 Å². The van der Waals surface area contributed by atoms with E-state index in [9.17, 15) is 14.0 Å². The van der Waals surface area contributed by atoms with E-state index in [1.807, 2.05) is 6.92 Å². The highest BCUT2D eigenvalue weighted by molar-refractivity contribution is 5.85. The third-order valence-electron chi connectivity index (χ3n) is 3.26. The van der Waals surface area contributed by atoms with Crippen molar-refractivity contribution in [3.63, 3.8) is 0 Å². The van der Waals surface area contributed by atoms with Gasteiger partial charge in [0, 0.05) is 31.1 Å². The second-order valence-corrected chi connectivity index (χ2v) is 5.11. The van der Waals surface area contributed by atoms with E-state index in [1.54, 1.807) is 17.0 Å². The number of nitrogens with zero attached hydrogens (tertiary/aromatic N) is 1. The third kappa shape index (κ3) is 3.44. The van der Waals surface area contributed by atoms with E-state index < -0.39 is 11.8 Å². The zero-order valence-electron chi connectivity index (χ0n) is 11.2. The minimum Gasteiger partial charge on any atom is -0.478 e. The molecule has 1 unspecified atom stereocenters. The van der Waals surface area contributed by atoms with Crippen molar-refractivity contribution in [2.24, 2.45) is 5.92 Å². The van der Waals surface area contributed by atoms with Crippen LogP contribution in [0.1, 0.15) is 24.5 Å². The molecular weight excluding hydrogens is 261 g/mol. The summed E-state index contributed by atoms with van der Waals surface area (Å²) in [5, 5.41) is 8.52. The van der Waals surface area contributed by atoms with Gasteiger partial charge in [0.25, 0.3) is 0 Å². The van der Waals surface area contributed by atoms with Crippen LogP contribution in [0.15, 0.2) is 24.3 Å². The molecule has 0 aromatic heterocycles. The molecular formula is C15H16FNO3. The average molecular weight is 277 g/mol. The van der Waals surface area contributed by atoms with Gasteiger partial charge in [-0.15, -0.1) is 0 Å². The molecule has 5 heteroatoms. The number of aliphatic carboxylic acids is 1. The molecule has 2 rings (SSSR count). The number of hydrogen-bond donors (Lipinski definition) is 1. The van der Waals surface area contributed by atoms with Crippen molar-refractivity contribution in [3.8, 4) is 0 Å². The van der Waals surface area contributed by atoms with Crippen LogP contribution in [0.4, 0.5) is 4.39 Å². The lowest BCUT2D eigenvalue weighted by molar-refractivity contribution is -0.131. The van der Waals surface area contributed by atoms with Crippen molar-refractivity contribution in [2.45, 2.75) is 19.9 Å². The van der Waals surface area contributed by atoms with Gasteiger partial charge in [-0.2, -0.15) is 0 Å². The van der Waals surface area contributed by atoms with Crippen LogP contribution in [0.25, 0.3) is 6.08 Å². The molecule has 1 heterocycles. The first kappa shape index (κ1) is 14.2. The highest BCUT2D eigenvalue weighted by atomic mass is 19.1. The fourth-order valence-corrected chi connectivity index (χ4v) is 2.29. The van der Waals surface area contributed by atoms with E-state index in [0.717, 1.165) is 6.08 Å². The number of hydrogen-bond acceptors (Lipinski definition) is 2. The molecule has 1 fully saturated rings. The largest absolute Gasteiger partial charge is 0.478 e. The van der Waals surface area contributed by atoms with Gasteiger partial charge in [-0.1, -0.05) is 19.1 Å². The maximum atomic E-state index is 13.9. The number of benzene rings is 1. The number of carbonyl (C=O) groups is 2. The summed E-state index contributed by atoms with van der Waals surface area (Å²) in [4.78, 5) is 23.7. The maximum absolute atomic E-state index is 13.9. The van der Waals surface area contributed by atoms with E-state index in [4.69, 9.17) is 5.11 Å². The molecule has 0 saturated carbocycles. The number of carboxylic acids is 1. The van der Waals surface area contributed by atoms with Gasteiger partial charge in [0.05, 0.1) is 0 Å². The van der Waals surface area contributed by atoms with Gasteiger partial charge in [-0.05, 0) is 23.6 Å². The molecule has 4 nitrogen and oxygen atoms in total. The van der Waals surface area contributed by atoms with E-state index >= 15 is 0 Å². The van der Waals surface area contributed by atoms with Gasteiger partial charge in [0.15, 0.2) is 0 Å². The second-order valence-electron chi connectivity index (χ2n) is 5.11. The van der Waals surface area contributed by atoms with Gasteiger partial charge in [0.2, 0.25) is 5.91 Å². The normalized spacial score (nSPS) is 19.0. The van der Waals surface area contributed by atoms with E-state index in [0.29, 0.717) is 30.0 Å². The van der Waals surface area contributed by atoms with Gasteiger partial charge < -0.3 is 10.0 Å². The molecule has 1 N–H and O–H groups in total. The molecule has 1 aromatic carbocycles. The predicted octanol–water partition coefficient (Wildman–Crippen LogP) is 2.29. The van der Waals surface area contributed by atoms with Gasteiger partial charge in [-0.3, -0.25) is 4.79 Å². The molecule has 0 radical (unpaired) electrons. The van der Waals surface area contributed by atoms with Crippen molar-refractivity contribution in [3.05, 3.63) is 41.2 Å². The summed E-state index contributed by atoms with van der Waals surface area (Å²) in [6.07, 6.45) is 2.81. The van der Waals surface area contributed by atoms with Crippen molar-refractivity contribution >= 4 is 18.0 Å². The molecule has 1 aliphatic heterocycles. The monoisotopic (exact) mass is 277 g/mol. The highest BCUT2D eigenvalue weighted by Gasteiger charge is 2.26. The number of amides is 1. The maximum Gasteiger partial charge on any atom is 0.328 e. The molecule has 106 valence electrons. The first-order chi connectivity index (χ1) is 9.45. The summed E-state index contributed by atoms with van der Waals surface area (Å²) in [6, 6.07) is 4.51. The summed E-state index contributed by atoms with van der Waals surface area (Å²) >= 11 is 0. The fourth-order valence-electron chi connectivity index (χ4n) is 2.29. The van der Waals surface area contributed by atoms with Crippen LogP contribution in [-0.2, 0) is 16.1 Å². The Labute approximate surface area is 116 Å². The average Bonchev–Trinajstić information content (AvgIpc) is 2.68. The van der Waals surface area contributed by atoms with E-state index in [1.165, 1.54) is 12.1 Å². The Balaban J connectivity index is 2.10. The molecule has 1 atom stereocenters. The van der Waals surface area contributed by atoms with Crippen LogP contribution in [0.2, 0.25) is 0 Å². The number of likely N-dealkylation sites (tertiary alicyclic amines) is 1. The number of carbonyl (C=O) groups excluding carboxylic acids is 1. The topological polar surface area (TPSA) is 57.6 Å². The van der Waals surface area contributed by atoms with Crippen LogP contribution in [-0.4, -0.2) is 28.4 Å². The molecule has 0 spiro atoms. The van der Waals surface area contributed by atoms with Crippen LogP contribution in [0.5, 0.6) is 0 Å². The molecule has 0 bridgehead atoms. The summed E-state index contributed by atoms with van der Waals surface area (Å²) < 4.78 is 13.9. The lowest BCUT2D eigenvalue weighted by Gasteiger charge is -2.16. The lowest BCUT2D eigenvalue weighted by atomic mass is 10.1. The first-order valence-electron chi connectivity index (χ1n) is 6.43. The van der Waals surface area contributed by atoms with Crippen molar-refractivity contribution in [2.75, 3.05) is 6.54 Å². The number of halogens is 1. The quantitative estimate of drug-likeness (QED) is 0.859. The SMILES string of the molecule is CC1CC(=O)N(Cc2ccc(C=CC(=O)O)cc2F)C1. The zero-order chi connectivity index (χ0) is 14.7. The lowest BCUT2D eigenvalue weighted by Crippen LogP contribution is -2.24. The van der Waals surface area contributed by atoms with Crippen LogP contribution in [0.3, 0.4) is 0 Å². The summed E-state index contributed by atoms with van der Waals surface area (Å²) in [5.41, 5.74) is 0.926. The van der Waals surface area contributed by atoms with E-state index in [2.05, 4.69) is 0 Å². The van der Waals surface area contributed by atoms with Crippen LogP contribution in [0, 0.1) is 11.7 Å². The fraction of sp³-hybridized carbons (Fsp3) is 0.333. The standard InChI is InChI=1S/C15H16FNO3/c1-10-6-14(18)17(8-10)9-12-4-2-11(7-13(12)16)3-5-15(19)20/h2-5,7,10H,6,8-9H2,1H3,(H,19,20). The zero-order valence-corrected chi connectivity index (χ0v) is 11.2. The van der Waals surface area contributed by atoms with Crippen molar-refractivity contribution < 1.29 is 19.1 Å². The summed E-state index contributed by atoms with van der Waals surface area (Å²) in [7, 11) is 0. The molecule has 1 amide bonds.